The molecule has 35 heavy (non-hydrogen) atoms. The van der Waals surface area contributed by atoms with Crippen LogP contribution in [0.4, 0.5) is 17.1 Å². The quantitative estimate of drug-likeness (QED) is 0.451. The van der Waals surface area contributed by atoms with E-state index in [1.165, 1.54) is 43.8 Å². The molecule has 8 nitrogen and oxygen atoms in total. The smallest absolute Gasteiger partial charge is 0.264 e. The molecule has 0 fully saturated rings. The summed E-state index contributed by atoms with van der Waals surface area (Å²) in [6, 6.07) is 20.0. The zero-order chi connectivity index (χ0) is 25.6. The third-order valence-corrected chi connectivity index (χ3v) is 7.06. The Labute approximate surface area is 206 Å². The molecule has 0 saturated heterocycles. The summed E-state index contributed by atoms with van der Waals surface area (Å²) in [5.41, 5.74) is 2.82. The summed E-state index contributed by atoms with van der Waals surface area (Å²) in [7, 11) is -2.35. The molecular formula is C26H29N3O5S. The number of carbonyl (C=O) groups is 2. The van der Waals surface area contributed by atoms with Gasteiger partial charge in [-0.05, 0) is 72.1 Å². The number of hydrogen-bond acceptors (Lipinski definition) is 5. The Bertz CT molecular complexity index is 1270. The highest BCUT2D eigenvalue weighted by Crippen LogP contribution is 2.25. The summed E-state index contributed by atoms with van der Waals surface area (Å²) >= 11 is 0. The number of amides is 2. The van der Waals surface area contributed by atoms with Crippen LogP contribution in [0.2, 0.25) is 0 Å². The minimum absolute atomic E-state index is 0.0903. The molecule has 0 atom stereocenters. The Morgan fingerprint density at radius 3 is 1.94 bits per heavy atom. The van der Waals surface area contributed by atoms with Gasteiger partial charge < -0.3 is 15.4 Å². The van der Waals surface area contributed by atoms with Crippen molar-refractivity contribution in [1.82, 2.24) is 0 Å². The summed E-state index contributed by atoms with van der Waals surface area (Å²) in [6.07, 6.45) is 0. The van der Waals surface area contributed by atoms with Crippen molar-refractivity contribution in [3.05, 3.63) is 78.4 Å². The number of benzene rings is 3. The second kappa shape index (κ2) is 11.1. The van der Waals surface area contributed by atoms with Crippen molar-refractivity contribution in [1.29, 1.82) is 0 Å². The van der Waals surface area contributed by atoms with Gasteiger partial charge in [0.05, 0.1) is 10.6 Å². The molecule has 0 aromatic heterocycles. The van der Waals surface area contributed by atoms with Crippen LogP contribution in [-0.2, 0) is 19.6 Å². The molecule has 0 saturated carbocycles. The Morgan fingerprint density at radius 1 is 0.857 bits per heavy atom. The van der Waals surface area contributed by atoms with Gasteiger partial charge in [0.1, 0.15) is 5.75 Å². The maximum Gasteiger partial charge on any atom is 0.264 e. The minimum atomic E-state index is -3.80. The minimum Gasteiger partial charge on any atom is -0.484 e. The molecule has 0 aliphatic carbocycles. The lowest BCUT2D eigenvalue weighted by Crippen LogP contribution is -2.26. The fourth-order valence-electron chi connectivity index (χ4n) is 3.26. The molecule has 3 aromatic carbocycles. The zero-order valence-electron chi connectivity index (χ0n) is 20.1. The summed E-state index contributed by atoms with van der Waals surface area (Å²) in [5, 5.41) is 5.39. The Balaban J connectivity index is 1.58. The van der Waals surface area contributed by atoms with Crippen LogP contribution in [-0.4, -0.2) is 33.9 Å². The number of sulfonamides is 1. The molecule has 3 aromatic rings. The van der Waals surface area contributed by atoms with E-state index >= 15 is 0 Å². The second-order valence-corrected chi connectivity index (χ2v) is 10.3. The standard InChI is InChI=1S/C26H29N3O5S/c1-18(2)20-5-7-22(8-6-20)28-26(31)17-34-24-13-11-23(12-14-24)29(4)35(32,33)25-15-9-21(10-16-25)27-19(3)30/h5-16,18H,17H2,1-4H3,(H,27,30)(H,28,31). The van der Waals surface area contributed by atoms with Gasteiger partial charge in [-0.2, -0.15) is 0 Å². The first-order chi connectivity index (χ1) is 16.6. The molecule has 0 spiro atoms. The molecular weight excluding hydrogens is 466 g/mol. The van der Waals surface area contributed by atoms with Crippen LogP contribution < -0.4 is 19.7 Å². The number of hydrogen-bond donors (Lipinski definition) is 2. The van der Waals surface area contributed by atoms with Crippen LogP contribution in [0.1, 0.15) is 32.3 Å². The fourth-order valence-corrected chi connectivity index (χ4v) is 4.46. The average molecular weight is 496 g/mol. The van der Waals surface area contributed by atoms with Gasteiger partial charge >= 0.3 is 0 Å². The van der Waals surface area contributed by atoms with Gasteiger partial charge in [-0.15, -0.1) is 0 Å². The first-order valence-electron chi connectivity index (χ1n) is 11.1. The van der Waals surface area contributed by atoms with Crippen molar-refractivity contribution in [2.45, 2.75) is 31.6 Å². The van der Waals surface area contributed by atoms with Crippen LogP contribution in [0.25, 0.3) is 0 Å². The number of ether oxygens (including phenoxy) is 1. The van der Waals surface area contributed by atoms with E-state index < -0.39 is 10.0 Å². The Hall–Kier alpha value is -3.85. The Morgan fingerprint density at radius 2 is 1.40 bits per heavy atom. The molecule has 3 rings (SSSR count). The third kappa shape index (κ3) is 6.83. The van der Waals surface area contributed by atoms with Gasteiger partial charge in [-0.25, -0.2) is 8.42 Å². The summed E-state index contributed by atoms with van der Waals surface area (Å²) in [5.74, 6) is 0.312. The normalized spacial score (nSPS) is 11.1. The van der Waals surface area contributed by atoms with E-state index in [0.717, 1.165) is 4.31 Å². The third-order valence-electron chi connectivity index (χ3n) is 5.26. The molecule has 0 aliphatic rings. The van der Waals surface area contributed by atoms with Crippen LogP contribution in [0.5, 0.6) is 5.75 Å². The second-order valence-electron chi connectivity index (χ2n) is 8.29. The zero-order valence-corrected chi connectivity index (χ0v) is 20.9. The molecule has 2 N–H and O–H groups in total. The first kappa shape index (κ1) is 25.8. The van der Waals surface area contributed by atoms with Gasteiger partial charge in [0.2, 0.25) is 5.91 Å². The first-order valence-corrected chi connectivity index (χ1v) is 12.5. The maximum atomic E-state index is 13.0. The molecule has 0 aliphatic heterocycles. The fraction of sp³-hybridized carbons (Fsp3) is 0.231. The van der Waals surface area contributed by atoms with Crippen molar-refractivity contribution in [3.8, 4) is 5.75 Å². The highest BCUT2D eigenvalue weighted by Gasteiger charge is 2.21. The summed E-state index contributed by atoms with van der Waals surface area (Å²) < 4.78 is 32.6. The van der Waals surface area contributed by atoms with Gasteiger partial charge in [-0.3, -0.25) is 13.9 Å². The lowest BCUT2D eigenvalue weighted by molar-refractivity contribution is -0.118. The van der Waals surface area contributed by atoms with Crippen LogP contribution in [0.3, 0.4) is 0 Å². The Kier molecular flexibility index (Phi) is 8.14. The largest absolute Gasteiger partial charge is 0.484 e. The van der Waals surface area contributed by atoms with E-state index in [9.17, 15) is 18.0 Å². The monoisotopic (exact) mass is 495 g/mol. The molecule has 0 bridgehead atoms. The van der Waals surface area contributed by atoms with Gasteiger partial charge in [0.15, 0.2) is 6.61 Å². The highest BCUT2D eigenvalue weighted by molar-refractivity contribution is 7.92. The van der Waals surface area contributed by atoms with Gasteiger partial charge in [-0.1, -0.05) is 26.0 Å². The lowest BCUT2D eigenvalue weighted by atomic mass is 10.0. The van der Waals surface area contributed by atoms with Crippen LogP contribution in [0.15, 0.2) is 77.7 Å². The van der Waals surface area contributed by atoms with E-state index in [2.05, 4.69) is 24.5 Å². The number of rotatable bonds is 9. The van der Waals surface area contributed by atoms with E-state index in [-0.39, 0.29) is 23.3 Å². The highest BCUT2D eigenvalue weighted by atomic mass is 32.2. The molecule has 0 radical (unpaired) electrons. The van der Waals surface area contributed by atoms with Crippen molar-refractivity contribution in [2.24, 2.45) is 0 Å². The van der Waals surface area contributed by atoms with Crippen molar-refractivity contribution in [2.75, 3.05) is 28.6 Å². The molecule has 0 heterocycles. The molecule has 2 amide bonds. The molecule has 0 unspecified atom stereocenters. The lowest BCUT2D eigenvalue weighted by Gasteiger charge is -2.20. The van der Waals surface area contributed by atoms with E-state index in [1.54, 1.807) is 24.3 Å². The topological polar surface area (TPSA) is 105 Å². The predicted molar refractivity (Wildman–Crippen MR) is 137 cm³/mol. The number of carbonyl (C=O) groups excluding carboxylic acids is 2. The number of anilines is 3. The van der Waals surface area contributed by atoms with Crippen molar-refractivity contribution >= 4 is 38.9 Å². The molecule has 9 heteroatoms. The SMILES string of the molecule is CC(=O)Nc1ccc(S(=O)(=O)N(C)c2ccc(OCC(=O)Nc3ccc(C(C)C)cc3)cc2)cc1. The van der Waals surface area contributed by atoms with Crippen LogP contribution >= 0.6 is 0 Å². The van der Waals surface area contributed by atoms with Crippen LogP contribution in [0, 0.1) is 0 Å². The van der Waals surface area contributed by atoms with E-state index in [0.29, 0.717) is 28.7 Å². The predicted octanol–water partition coefficient (Wildman–Crippen LogP) is 4.61. The maximum absolute atomic E-state index is 13.0. The van der Waals surface area contributed by atoms with Gasteiger partial charge in [0, 0.05) is 25.3 Å². The summed E-state index contributed by atoms with van der Waals surface area (Å²) in [4.78, 5) is 23.4. The van der Waals surface area contributed by atoms with Crippen molar-refractivity contribution in [3.63, 3.8) is 0 Å². The number of nitrogens with zero attached hydrogens (tertiary/aromatic N) is 1. The van der Waals surface area contributed by atoms with Crippen molar-refractivity contribution < 1.29 is 22.7 Å². The van der Waals surface area contributed by atoms with E-state index in [1.807, 2.05) is 24.3 Å². The molecule has 184 valence electrons. The van der Waals surface area contributed by atoms with Gasteiger partial charge in [0.25, 0.3) is 15.9 Å². The summed E-state index contributed by atoms with van der Waals surface area (Å²) in [6.45, 7) is 5.41. The van der Waals surface area contributed by atoms with E-state index in [4.69, 9.17) is 4.74 Å². The number of nitrogens with one attached hydrogen (secondary N) is 2. The average Bonchev–Trinajstić information content (AvgIpc) is 2.83.